The van der Waals surface area contributed by atoms with Crippen molar-refractivity contribution in [1.82, 2.24) is 9.88 Å². The standard InChI is InChI=1S/C30H64N2O2Si2/c1-15-26(6)22-20-24-32(27(33)16-2)25-21-23-29(10,17-3)36(13,14)34-30(18-4,19-5)35(11,12)31-28(7,8)9/h16,26,31H,2,15,17-25H2,1,3-14H3. The van der Waals surface area contributed by atoms with Gasteiger partial charge in [0.1, 0.15) is 0 Å². The third-order valence-corrected chi connectivity index (χ3v) is 18.2. The van der Waals surface area contributed by atoms with Gasteiger partial charge in [0.25, 0.3) is 0 Å². The lowest BCUT2D eigenvalue weighted by Crippen LogP contribution is -2.71. The molecular weight excluding hydrogens is 477 g/mol. The summed E-state index contributed by atoms with van der Waals surface area (Å²) in [6, 6.07) is 0. The maximum atomic E-state index is 12.6. The molecule has 0 aromatic heterocycles. The van der Waals surface area contributed by atoms with Crippen LogP contribution in [0.1, 0.15) is 114 Å². The van der Waals surface area contributed by atoms with Gasteiger partial charge in [-0.3, -0.25) is 4.79 Å². The minimum atomic E-state index is -2.10. The molecule has 0 fully saturated rings. The molecule has 0 aliphatic heterocycles. The van der Waals surface area contributed by atoms with Crippen LogP contribution in [0.4, 0.5) is 0 Å². The third kappa shape index (κ3) is 10.0. The molecule has 0 aliphatic carbocycles. The molecule has 36 heavy (non-hydrogen) atoms. The lowest BCUT2D eigenvalue weighted by Gasteiger charge is -2.54. The van der Waals surface area contributed by atoms with Crippen molar-refractivity contribution >= 4 is 22.5 Å². The number of amides is 1. The van der Waals surface area contributed by atoms with E-state index in [9.17, 15) is 4.79 Å². The topological polar surface area (TPSA) is 41.6 Å². The number of nitrogens with zero attached hydrogens (tertiary/aromatic N) is 1. The zero-order valence-corrected chi connectivity index (χ0v) is 28.7. The first kappa shape index (κ1) is 35.6. The van der Waals surface area contributed by atoms with E-state index in [0.717, 1.165) is 57.5 Å². The maximum absolute atomic E-state index is 12.6. The van der Waals surface area contributed by atoms with Crippen LogP contribution in [-0.4, -0.2) is 51.2 Å². The lowest BCUT2D eigenvalue weighted by atomic mass is 10.0. The summed E-state index contributed by atoms with van der Waals surface area (Å²) >= 11 is 0. The third-order valence-electron chi connectivity index (χ3n) is 9.12. The summed E-state index contributed by atoms with van der Waals surface area (Å²) < 4.78 is 7.46. The fourth-order valence-corrected chi connectivity index (χ4v) is 14.7. The van der Waals surface area contributed by atoms with Gasteiger partial charge in [0.2, 0.25) is 5.91 Å². The summed E-state index contributed by atoms with van der Waals surface area (Å²) in [7, 11) is -4.02. The number of carbonyl (C=O) groups is 1. The van der Waals surface area contributed by atoms with E-state index < -0.39 is 16.6 Å². The lowest BCUT2D eigenvalue weighted by molar-refractivity contribution is -0.126. The molecule has 0 aromatic rings. The highest BCUT2D eigenvalue weighted by Crippen LogP contribution is 2.49. The zero-order chi connectivity index (χ0) is 28.4. The highest BCUT2D eigenvalue weighted by Gasteiger charge is 2.54. The van der Waals surface area contributed by atoms with Gasteiger partial charge in [-0.05, 0) is 89.4 Å². The summed E-state index contributed by atoms with van der Waals surface area (Å²) in [5.74, 6) is 0.790. The predicted molar refractivity (Wildman–Crippen MR) is 166 cm³/mol. The van der Waals surface area contributed by atoms with E-state index in [-0.39, 0.29) is 21.7 Å². The fourth-order valence-electron chi connectivity index (χ4n) is 5.93. The molecule has 2 atom stereocenters. The van der Waals surface area contributed by atoms with E-state index in [1.54, 1.807) is 0 Å². The largest absolute Gasteiger partial charge is 0.412 e. The Balaban J connectivity index is 5.63. The Morgan fingerprint density at radius 1 is 0.972 bits per heavy atom. The second kappa shape index (κ2) is 14.6. The Kier molecular flexibility index (Phi) is 14.5. The van der Waals surface area contributed by atoms with E-state index in [0.29, 0.717) is 0 Å². The molecule has 0 bridgehead atoms. The van der Waals surface area contributed by atoms with Gasteiger partial charge in [0, 0.05) is 18.6 Å². The van der Waals surface area contributed by atoms with E-state index in [1.807, 2.05) is 4.90 Å². The second-order valence-electron chi connectivity index (χ2n) is 13.5. The fraction of sp³-hybridized carbons (Fsp3) is 0.900. The average molecular weight is 541 g/mol. The Bertz CT molecular complexity index is 668. The van der Waals surface area contributed by atoms with Crippen LogP contribution in [0.3, 0.4) is 0 Å². The molecule has 1 N–H and O–H groups in total. The van der Waals surface area contributed by atoms with Crippen LogP contribution in [-0.2, 0) is 9.22 Å². The minimum Gasteiger partial charge on any atom is -0.412 e. The van der Waals surface area contributed by atoms with Crippen LogP contribution in [0.25, 0.3) is 0 Å². The summed E-state index contributed by atoms with van der Waals surface area (Å²) in [6.45, 7) is 36.0. The molecule has 0 heterocycles. The molecule has 0 spiro atoms. The van der Waals surface area contributed by atoms with Crippen molar-refractivity contribution in [3.8, 4) is 0 Å². The van der Waals surface area contributed by atoms with Crippen molar-refractivity contribution < 1.29 is 9.22 Å². The Morgan fingerprint density at radius 3 is 1.92 bits per heavy atom. The number of rotatable bonds is 18. The van der Waals surface area contributed by atoms with Gasteiger partial charge in [-0.2, -0.15) is 0 Å². The van der Waals surface area contributed by atoms with E-state index >= 15 is 0 Å². The predicted octanol–water partition coefficient (Wildman–Crippen LogP) is 8.69. The number of hydrogen-bond acceptors (Lipinski definition) is 3. The number of nitrogens with one attached hydrogen (secondary N) is 1. The first-order valence-corrected chi connectivity index (χ1v) is 20.7. The van der Waals surface area contributed by atoms with Crippen molar-refractivity contribution in [2.75, 3.05) is 13.1 Å². The molecule has 4 nitrogen and oxygen atoms in total. The molecule has 0 saturated heterocycles. The van der Waals surface area contributed by atoms with Gasteiger partial charge in [-0.15, -0.1) is 0 Å². The summed E-state index contributed by atoms with van der Waals surface area (Å²) in [6.07, 6.45) is 10.2. The molecule has 214 valence electrons. The molecule has 1 amide bonds. The highest BCUT2D eigenvalue weighted by atomic mass is 28.4. The Hall–Kier alpha value is -0.436. The van der Waals surface area contributed by atoms with Crippen LogP contribution >= 0.6 is 0 Å². The van der Waals surface area contributed by atoms with Crippen molar-refractivity contribution in [3.05, 3.63) is 12.7 Å². The van der Waals surface area contributed by atoms with E-state index in [4.69, 9.17) is 4.43 Å². The second-order valence-corrected chi connectivity index (χ2v) is 22.4. The SMILES string of the molecule is C=CC(=O)N(CCCC(C)CC)CCCC(C)(CC)[Si](C)(C)OC(CC)(CC)[Si](C)(C)NC(C)(C)C. The number of carbonyl (C=O) groups excluding carboxylic acids is 1. The van der Waals surface area contributed by atoms with Crippen LogP contribution in [0.5, 0.6) is 0 Å². The molecule has 0 saturated carbocycles. The van der Waals surface area contributed by atoms with Crippen molar-refractivity contribution in [1.29, 1.82) is 0 Å². The highest BCUT2D eigenvalue weighted by molar-refractivity contribution is 6.80. The average Bonchev–Trinajstić information content (AvgIpc) is 2.78. The van der Waals surface area contributed by atoms with Crippen LogP contribution in [0.2, 0.25) is 31.2 Å². The minimum absolute atomic E-state index is 0.0714. The first-order chi connectivity index (χ1) is 16.4. The molecule has 0 rings (SSSR count). The van der Waals surface area contributed by atoms with Gasteiger partial charge in [-0.25, -0.2) is 0 Å². The van der Waals surface area contributed by atoms with Gasteiger partial charge >= 0.3 is 0 Å². The van der Waals surface area contributed by atoms with Crippen LogP contribution in [0, 0.1) is 5.92 Å². The molecular formula is C30H64N2O2Si2. The van der Waals surface area contributed by atoms with Gasteiger partial charge in [0.05, 0.1) is 5.22 Å². The summed E-state index contributed by atoms with van der Waals surface area (Å²) in [4.78, 5) is 18.6. The Labute approximate surface area is 228 Å². The smallest absolute Gasteiger partial charge is 0.245 e. The molecule has 0 aromatic carbocycles. The normalized spacial score (nSPS) is 15.9. The quantitative estimate of drug-likeness (QED) is 0.140. The molecule has 2 unspecified atom stereocenters. The molecule has 0 radical (unpaired) electrons. The Morgan fingerprint density at radius 2 is 1.50 bits per heavy atom. The van der Waals surface area contributed by atoms with Crippen molar-refractivity contribution in [3.63, 3.8) is 0 Å². The molecule has 0 aliphatic rings. The van der Waals surface area contributed by atoms with Crippen LogP contribution in [0.15, 0.2) is 12.7 Å². The monoisotopic (exact) mass is 540 g/mol. The maximum Gasteiger partial charge on any atom is 0.245 e. The van der Waals surface area contributed by atoms with Gasteiger partial charge < -0.3 is 14.3 Å². The van der Waals surface area contributed by atoms with E-state index in [1.165, 1.54) is 18.9 Å². The van der Waals surface area contributed by atoms with Gasteiger partial charge in [0.15, 0.2) is 16.6 Å². The van der Waals surface area contributed by atoms with Crippen molar-refractivity contribution in [2.45, 2.75) is 156 Å². The summed E-state index contributed by atoms with van der Waals surface area (Å²) in [5.41, 5.74) is 0.0739. The zero-order valence-electron chi connectivity index (χ0n) is 26.7. The van der Waals surface area contributed by atoms with Gasteiger partial charge in [-0.1, -0.05) is 74.1 Å². The van der Waals surface area contributed by atoms with Crippen molar-refractivity contribution in [2.24, 2.45) is 5.92 Å². The molecule has 6 heteroatoms. The summed E-state index contributed by atoms with van der Waals surface area (Å²) in [5, 5.41) is 0.0572. The van der Waals surface area contributed by atoms with E-state index in [2.05, 4.69) is 100 Å². The first-order valence-electron chi connectivity index (χ1n) is 14.8. The number of hydrogen-bond donors (Lipinski definition) is 1. The van der Waals surface area contributed by atoms with Crippen LogP contribution < -0.4 is 4.98 Å².